The monoisotopic (exact) mass is 487 g/mol. The maximum Gasteiger partial charge on any atom is 0.0892 e. The summed E-state index contributed by atoms with van der Waals surface area (Å²) < 4.78 is 0. The van der Waals surface area contributed by atoms with Crippen molar-refractivity contribution in [2.24, 2.45) is 5.41 Å². The van der Waals surface area contributed by atoms with Crippen molar-refractivity contribution >= 4 is 20.1 Å². The average Bonchev–Trinajstić information content (AvgIpc) is 3.67. The largest absolute Gasteiger partial charge is 0.198 e. The first-order valence-electron chi connectivity index (χ1n) is 14.1. The van der Waals surface area contributed by atoms with E-state index in [4.69, 9.17) is 5.10 Å². The minimum atomic E-state index is -0.0225. The van der Waals surface area contributed by atoms with Crippen LogP contribution in [0.1, 0.15) is 114 Å². The molecule has 2 aliphatic carbocycles. The molecule has 186 valence electrons. The zero-order valence-electron chi connectivity index (χ0n) is 21.7. The highest BCUT2D eigenvalue weighted by Crippen LogP contribution is 2.69. The first-order valence-corrected chi connectivity index (χ1v) is 15.1. The lowest BCUT2D eigenvalue weighted by Gasteiger charge is -2.61. The number of allylic oxidation sites excluding steroid dienone is 3. The number of hydrogen-bond acceptors (Lipinski definition) is 2. The van der Waals surface area contributed by atoms with Crippen LogP contribution in [-0.4, -0.2) is 26.4 Å². The van der Waals surface area contributed by atoms with Crippen molar-refractivity contribution in [3.63, 3.8) is 0 Å². The normalized spacial score (nSPS) is 28.0. The number of aromatic amines is 1. The van der Waals surface area contributed by atoms with Gasteiger partial charge in [-0.15, -0.1) is 0 Å². The predicted molar refractivity (Wildman–Crippen MR) is 150 cm³/mol. The van der Waals surface area contributed by atoms with E-state index >= 15 is 0 Å². The molecule has 4 heteroatoms. The van der Waals surface area contributed by atoms with Gasteiger partial charge in [0.2, 0.25) is 0 Å². The zero-order valence-corrected chi connectivity index (χ0v) is 22.6. The highest BCUT2D eigenvalue weighted by atomic mass is 31.1. The van der Waals surface area contributed by atoms with Crippen molar-refractivity contribution in [3.05, 3.63) is 65.5 Å². The molecule has 3 unspecified atom stereocenters. The van der Waals surface area contributed by atoms with Crippen LogP contribution in [0, 0.1) is 5.41 Å². The van der Waals surface area contributed by atoms with Crippen LogP contribution in [0.4, 0.5) is 0 Å². The van der Waals surface area contributed by atoms with Crippen molar-refractivity contribution in [2.45, 2.75) is 107 Å². The van der Waals surface area contributed by atoms with Gasteiger partial charge in [0.25, 0.3) is 0 Å². The van der Waals surface area contributed by atoms with E-state index in [1.54, 1.807) is 0 Å². The average molecular weight is 488 g/mol. The molecule has 1 aromatic heterocycles. The second-order valence-corrected chi connectivity index (χ2v) is 12.4. The van der Waals surface area contributed by atoms with Crippen molar-refractivity contribution in [3.8, 4) is 0 Å². The third-order valence-corrected chi connectivity index (χ3v) is 11.2. The molecule has 2 aromatic rings. The summed E-state index contributed by atoms with van der Waals surface area (Å²) in [5, 5.41) is 12.5. The van der Waals surface area contributed by atoms with E-state index in [9.17, 15) is 0 Å². The van der Waals surface area contributed by atoms with Crippen LogP contribution >= 0.6 is 8.20 Å². The summed E-state index contributed by atoms with van der Waals surface area (Å²) in [4.78, 5) is 0. The summed E-state index contributed by atoms with van der Waals surface area (Å²) >= 11 is 0. The van der Waals surface area contributed by atoms with Crippen LogP contribution < -0.4 is 0 Å². The standard InChI is InChI=1S/C31H42N3P/c1-3-19-31(30(4-2)22-14-23-35-30,27-18-17-25-15-10-11-16-26(25)27)29(28-24-32-34-33-28)20-12-8-6-5-7-9-13-21-29/h10-11,14-18,22-24,27H,3-9,12-13,19-21H2,1-2H3,(H,32,33,34). The van der Waals surface area contributed by atoms with Gasteiger partial charge in [0.1, 0.15) is 0 Å². The van der Waals surface area contributed by atoms with Crippen molar-refractivity contribution in [2.75, 3.05) is 0 Å². The molecule has 3 atom stereocenters. The number of nitrogens with one attached hydrogen (secondary N) is 1. The van der Waals surface area contributed by atoms with E-state index in [0.29, 0.717) is 5.92 Å². The SMILES string of the molecule is CCCC(C1C=Cc2ccccc21)(C1(CC)C=CC=P1)C1(c2cn[nH]n2)CCCCCCCCC1. The molecule has 0 radical (unpaired) electrons. The number of benzene rings is 1. The molecule has 35 heavy (non-hydrogen) atoms. The van der Waals surface area contributed by atoms with E-state index in [-0.39, 0.29) is 16.0 Å². The van der Waals surface area contributed by atoms with Crippen molar-refractivity contribution in [1.82, 2.24) is 15.4 Å². The zero-order chi connectivity index (χ0) is 24.2. The lowest BCUT2D eigenvalue weighted by molar-refractivity contribution is 0.0236. The Balaban J connectivity index is 1.81. The Hall–Kier alpha value is -1.99. The molecule has 0 spiro atoms. The van der Waals surface area contributed by atoms with Gasteiger partial charge in [-0.1, -0.05) is 122 Å². The highest BCUT2D eigenvalue weighted by Gasteiger charge is 2.65. The van der Waals surface area contributed by atoms with Crippen molar-refractivity contribution in [1.29, 1.82) is 0 Å². The molecule has 1 saturated carbocycles. The molecule has 1 N–H and O–H groups in total. The molecule has 1 aliphatic heterocycles. The fraction of sp³-hybridized carbons (Fsp3) is 0.581. The van der Waals surface area contributed by atoms with Gasteiger partial charge in [-0.05, 0) is 42.6 Å². The number of fused-ring (bicyclic) bond motifs is 1. The maximum atomic E-state index is 4.95. The minimum absolute atomic E-state index is 0.0216. The van der Waals surface area contributed by atoms with Gasteiger partial charge in [0, 0.05) is 21.9 Å². The van der Waals surface area contributed by atoms with E-state index in [1.165, 1.54) is 95.7 Å². The molecule has 0 amide bonds. The summed E-state index contributed by atoms with van der Waals surface area (Å²) in [5.41, 5.74) is 4.14. The van der Waals surface area contributed by atoms with Crippen LogP contribution in [0.5, 0.6) is 0 Å². The molecule has 0 bridgehead atoms. The number of hydrogen-bond donors (Lipinski definition) is 1. The third kappa shape index (κ3) is 3.99. The minimum Gasteiger partial charge on any atom is -0.198 e. The second-order valence-electron chi connectivity index (χ2n) is 11.0. The molecular weight excluding hydrogens is 445 g/mol. The van der Waals surface area contributed by atoms with Gasteiger partial charge in [0.05, 0.1) is 11.9 Å². The molecule has 3 nitrogen and oxygen atoms in total. The van der Waals surface area contributed by atoms with Gasteiger partial charge in [-0.3, -0.25) is 0 Å². The van der Waals surface area contributed by atoms with E-state index < -0.39 is 0 Å². The van der Waals surface area contributed by atoms with Gasteiger partial charge in [-0.2, -0.15) is 15.4 Å². The second kappa shape index (κ2) is 10.6. The lowest BCUT2D eigenvalue weighted by atomic mass is 9.45. The van der Waals surface area contributed by atoms with Crippen LogP contribution in [0.15, 0.2) is 48.7 Å². The summed E-state index contributed by atoms with van der Waals surface area (Å²) in [6.45, 7) is 4.83. The fourth-order valence-corrected chi connectivity index (χ4v) is 9.59. The number of nitrogens with zero attached hydrogens (tertiary/aromatic N) is 2. The quantitative estimate of drug-likeness (QED) is 0.397. The van der Waals surface area contributed by atoms with Gasteiger partial charge in [-0.25, -0.2) is 0 Å². The van der Waals surface area contributed by atoms with E-state index in [1.807, 2.05) is 0 Å². The highest BCUT2D eigenvalue weighted by molar-refractivity contribution is 7.41. The molecule has 1 fully saturated rings. The Morgan fingerprint density at radius 2 is 1.77 bits per heavy atom. The van der Waals surface area contributed by atoms with Crippen LogP contribution in [0.25, 0.3) is 6.08 Å². The molecule has 0 saturated heterocycles. The van der Waals surface area contributed by atoms with Crippen molar-refractivity contribution < 1.29 is 0 Å². The Labute approximate surface area is 213 Å². The molecule has 2 heterocycles. The maximum absolute atomic E-state index is 4.95. The summed E-state index contributed by atoms with van der Waals surface area (Å²) in [7, 11) is 1.45. The lowest BCUT2D eigenvalue weighted by Crippen LogP contribution is -2.59. The van der Waals surface area contributed by atoms with Gasteiger partial charge >= 0.3 is 0 Å². The Morgan fingerprint density at radius 1 is 1.03 bits per heavy atom. The molecule has 1 aromatic carbocycles. The smallest absolute Gasteiger partial charge is 0.0892 e. The molecule has 5 rings (SSSR count). The summed E-state index contributed by atoms with van der Waals surface area (Å²) in [6, 6.07) is 9.16. The first kappa shape index (κ1) is 24.7. The Bertz CT molecular complexity index is 1040. The van der Waals surface area contributed by atoms with E-state index in [2.05, 4.69) is 84.7 Å². The van der Waals surface area contributed by atoms with Gasteiger partial charge in [0.15, 0.2) is 0 Å². The number of rotatable bonds is 7. The molecular formula is C31H42N3P. The number of aromatic nitrogens is 3. The molecule has 3 aliphatic rings. The van der Waals surface area contributed by atoms with E-state index in [0.717, 1.165) is 6.42 Å². The van der Waals surface area contributed by atoms with Crippen LogP contribution in [0.2, 0.25) is 0 Å². The van der Waals surface area contributed by atoms with Gasteiger partial charge < -0.3 is 0 Å². The third-order valence-electron chi connectivity index (χ3n) is 9.52. The fourth-order valence-electron chi connectivity index (χ4n) is 8.10. The Kier molecular flexibility index (Phi) is 7.44. The summed E-state index contributed by atoms with van der Waals surface area (Å²) in [6.07, 6.45) is 27.3. The first-order chi connectivity index (χ1) is 17.2. The summed E-state index contributed by atoms with van der Waals surface area (Å²) in [5.74, 6) is 2.79. The Morgan fingerprint density at radius 3 is 2.40 bits per heavy atom. The number of H-pyrrole nitrogens is 1. The predicted octanol–water partition coefficient (Wildman–Crippen LogP) is 8.63. The van der Waals surface area contributed by atoms with Crippen LogP contribution in [-0.2, 0) is 5.41 Å². The topological polar surface area (TPSA) is 41.6 Å². The van der Waals surface area contributed by atoms with Crippen LogP contribution in [0.3, 0.4) is 0 Å².